The number of amides is 2. The topological polar surface area (TPSA) is 80.8 Å². The average molecular weight is 363 g/mol. The van der Waals surface area contributed by atoms with Crippen molar-refractivity contribution in [2.75, 3.05) is 13.2 Å². The number of ether oxygens (including phenoxy) is 1. The number of likely N-dealkylation sites (tertiary alicyclic amines) is 1. The lowest BCUT2D eigenvalue weighted by atomic mass is 9.85. The smallest absolute Gasteiger partial charge is 0.326 e. The van der Waals surface area contributed by atoms with E-state index in [4.69, 9.17) is 4.74 Å². The van der Waals surface area contributed by atoms with E-state index in [0.29, 0.717) is 18.9 Å². The van der Waals surface area contributed by atoms with Gasteiger partial charge >= 0.3 is 5.97 Å². The van der Waals surface area contributed by atoms with Gasteiger partial charge in [0, 0.05) is 5.56 Å². The normalized spacial score (nSPS) is 21.7. The Labute approximate surface area is 147 Å². The zero-order chi connectivity index (χ0) is 18.8. The average Bonchev–Trinajstić information content (AvgIpc) is 2.87. The predicted molar refractivity (Wildman–Crippen MR) is 83.7 cm³/mol. The first-order valence-corrected chi connectivity index (χ1v) is 8.02. The van der Waals surface area contributed by atoms with Gasteiger partial charge in [0.1, 0.15) is 6.54 Å². The molecule has 1 fully saturated rings. The van der Waals surface area contributed by atoms with Gasteiger partial charge < -0.3 is 4.74 Å². The van der Waals surface area contributed by atoms with E-state index >= 15 is 0 Å². The second-order valence-corrected chi connectivity index (χ2v) is 6.13. The van der Waals surface area contributed by atoms with Crippen LogP contribution in [-0.4, -0.2) is 41.6 Å². The molecule has 1 saturated heterocycles. The van der Waals surface area contributed by atoms with Gasteiger partial charge in [-0.15, -0.1) is 0 Å². The molecule has 1 aromatic rings. The van der Waals surface area contributed by atoms with Gasteiger partial charge in [-0.2, -0.15) is 0 Å². The molecule has 0 N–H and O–H groups in total. The monoisotopic (exact) mass is 363 g/mol. The number of hydrogen-bond donors (Lipinski definition) is 0. The minimum Gasteiger partial charge on any atom is -0.456 e. The van der Waals surface area contributed by atoms with Crippen LogP contribution in [0.3, 0.4) is 0 Å². The van der Waals surface area contributed by atoms with E-state index in [2.05, 4.69) is 0 Å². The van der Waals surface area contributed by atoms with Gasteiger partial charge in [0.05, 0.1) is 11.8 Å². The summed E-state index contributed by atoms with van der Waals surface area (Å²) in [7, 11) is 0. The molecule has 3 rings (SSSR count). The maximum Gasteiger partial charge on any atom is 0.326 e. The lowest BCUT2D eigenvalue weighted by molar-refractivity contribution is -0.152. The summed E-state index contributed by atoms with van der Waals surface area (Å²) in [6, 6.07) is 2.57. The molecule has 0 spiro atoms. The number of benzene rings is 1. The van der Waals surface area contributed by atoms with Crippen molar-refractivity contribution in [2.24, 2.45) is 11.8 Å². The summed E-state index contributed by atoms with van der Waals surface area (Å²) in [5, 5.41) is 0. The Kier molecular flexibility index (Phi) is 4.92. The summed E-state index contributed by atoms with van der Waals surface area (Å²) in [6.45, 7) is -1.27. The molecule has 2 atom stereocenters. The molecule has 0 unspecified atom stereocenters. The molecule has 1 aromatic carbocycles. The van der Waals surface area contributed by atoms with Crippen molar-refractivity contribution in [1.82, 2.24) is 4.90 Å². The fourth-order valence-corrected chi connectivity index (χ4v) is 3.10. The van der Waals surface area contributed by atoms with E-state index in [1.165, 1.54) is 0 Å². The van der Waals surface area contributed by atoms with Crippen LogP contribution in [0.1, 0.15) is 23.2 Å². The van der Waals surface area contributed by atoms with Crippen LogP contribution >= 0.6 is 0 Å². The molecule has 0 bridgehead atoms. The van der Waals surface area contributed by atoms with Gasteiger partial charge in [-0.25, -0.2) is 8.78 Å². The Morgan fingerprint density at radius 1 is 1.04 bits per heavy atom. The predicted octanol–water partition coefficient (Wildman–Crippen LogP) is 1.64. The van der Waals surface area contributed by atoms with Crippen LogP contribution in [0.2, 0.25) is 0 Å². The lowest BCUT2D eigenvalue weighted by Crippen LogP contribution is -2.37. The van der Waals surface area contributed by atoms with Gasteiger partial charge in [-0.05, 0) is 31.0 Å². The Morgan fingerprint density at radius 2 is 1.65 bits per heavy atom. The molecule has 1 aliphatic heterocycles. The molecule has 0 saturated carbocycles. The van der Waals surface area contributed by atoms with Gasteiger partial charge in [0.25, 0.3) is 0 Å². The van der Waals surface area contributed by atoms with Crippen LogP contribution in [0.25, 0.3) is 0 Å². The van der Waals surface area contributed by atoms with Crippen LogP contribution in [0.15, 0.2) is 30.4 Å². The molecule has 6 nitrogen and oxygen atoms in total. The summed E-state index contributed by atoms with van der Waals surface area (Å²) in [5.74, 6) is -5.69. The molecule has 0 radical (unpaired) electrons. The molecular formula is C18H15F2NO5. The highest BCUT2D eigenvalue weighted by atomic mass is 19.2. The quantitative estimate of drug-likeness (QED) is 0.344. The Balaban J connectivity index is 1.56. The number of halogens is 2. The lowest BCUT2D eigenvalue weighted by Gasteiger charge is -2.14. The molecule has 136 valence electrons. The zero-order valence-corrected chi connectivity index (χ0v) is 13.6. The number of hydrogen-bond acceptors (Lipinski definition) is 5. The first kappa shape index (κ1) is 17.9. The Bertz CT molecular complexity index is 794. The van der Waals surface area contributed by atoms with E-state index in [1.807, 2.05) is 12.2 Å². The van der Waals surface area contributed by atoms with Crippen LogP contribution in [-0.2, 0) is 19.1 Å². The van der Waals surface area contributed by atoms with Gasteiger partial charge in [0.15, 0.2) is 24.0 Å². The van der Waals surface area contributed by atoms with Crippen molar-refractivity contribution in [3.63, 3.8) is 0 Å². The maximum absolute atomic E-state index is 13.1. The van der Waals surface area contributed by atoms with Gasteiger partial charge in [0.2, 0.25) is 11.8 Å². The first-order valence-electron chi connectivity index (χ1n) is 8.02. The van der Waals surface area contributed by atoms with Crippen molar-refractivity contribution in [2.45, 2.75) is 12.8 Å². The largest absolute Gasteiger partial charge is 0.456 e. The summed E-state index contributed by atoms with van der Waals surface area (Å²) in [4.78, 5) is 49.1. The van der Waals surface area contributed by atoms with E-state index in [1.54, 1.807) is 0 Å². The number of nitrogens with zero attached hydrogens (tertiary/aromatic N) is 1. The number of Topliss-reactive ketones (excluding diaryl/α,β-unsaturated/α-hetero) is 1. The highest BCUT2D eigenvalue weighted by Gasteiger charge is 2.47. The Morgan fingerprint density at radius 3 is 2.23 bits per heavy atom. The summed E-state index contributed by atoms with van der Waals surface area (Å²) in [6.07, 6.45) is 4.56. The van der Waals surface area contributed by atoms with Crippen LogP contribution in [0.4, 0.5) is 8.78 Å². The van der Waals surface area contributed by atoms with E-state index in [0.717, 1.165) is 17.0 Å². The molecule has 8 heteroatoms. The van der Waals surface area contributed by atoms with Crippen molar-refractivity contribution in [1.29, 1.82) is 0 Å². The molecule has 26 heavy (non-hydrogen) atoms. The van der Waals surface area contributed by atoms with Gasteiger partial charge in [-0.1, -0.05) is 12.2 Å². The zero-order valence-electron chi connectivity index (χ0n) is 13.6. The Hall–Kier alpha value is -2.90. The minimum absolute atomic E-state index is 0.151. The highest BCUT2D eigenvalue weighted by Crippen LogP contribution is 2.34. The van der Waals surface area contributed by atoms with Crippen molar-refractivity contribution < 1.29 is 32.7 Å². The van der Waals surface area contributed by atoms with Crippen molar-refractivity contribution in [3.8, 4) is 0 Å². The maximum atomic E-state index is 13.1. The fourth-order valence-electron chi connectivity index (χ4n) is 3.10. The molecular weight excluding hydrogens is 348 g/mol. The second kappa shape index (κ2) is 7.15. The number of allylic oxidation sites excluding steroid dienone is 2. The van der Waals surface area contributed by atoms with E-state index in [-0.39, 0.29) is 5.56 Å². The molecule has 2 aliphatic rings. The van der Waals surface area contributed by atoms with E-state index in [9.17, 15) is 28.0 Å². The summed E-state index contributed by atoms with van der Waals surface area (Å²) >= 11 is 0. The van der Waals surface area contributed by atoms with E-state index < -0.39 is 60.2 Å². The number of imide groups is 1. The SMILES string of the molecule is O=C(CN1C(=O)[C@H]2CC=CC[C@@H]2C1=O)OCC(=O)c1ccc(F)c(F)c1. The van der Waals surface area contributed by atoms with Gasteiger partial charge in [-0.3, -0.25) is 24.1 Å². The summed E-state index contributed by atoms with van der Waals surface area (Å²) < 4.78 is 30.8. The third kappa shape index (κ3) is 3.40. The number of rotatable bonds is 5. The number of ketones is 1. The highest BCUT2D eigenvalue weighted by molar-refractivity contribution is 6.07. The number of fused-ring (bicyclic) bond motifs is 1. The van der Waals surface area contributed by atoms with Crippen molar-refractivity contribution >= 4 is 23.6 Å². The standard InChI is InChI=1S/C18H15F2NO5/c19-13-6-5-10(7-14(13)20)15(22)9-26-16(23)8-21-17(24)11-3-1-2-4-12(11)18(21)25/h1-2,5-7,11-12H,3-4,8-9H2/t11-,12-/m0/s1. The van der Waals surface area contributed by atoms with Crippen LogP contribution < -0.4 is 0 Å². The van der Waals surface area contributed by atoms with Crippen LogP contribution in [0.5, 0.6) is 0 Å². The molecule has 2 amide bonds. The number of carbonyl (C=O) groups excluding carboxylic acids is 4. The minimum atomic E-state index is -1.19. The van der Waals surface area contributed by atoms with Crippen LogP contribution in [0, 0.1) is 23.5 Å². The molecule has 1 heterocycles. The third-order valence-electron chi connectivity index (χ3n) is 4.49. The molecule has 0 aromatic heterocycles. The second-order valence-electron chi connectivity index (χ2n) is 6.13. The molecule has 1 aliphatic carbocycles. The summed E-state index contributed by atoms with van der Waals surface area (Å²) in [5.41, 5.74) is -0.151. The number of carbonyl (C=O) groups is 4. The first-order chi connectivity index (χ1) is 12.4. The van der Waals surface area contributed by atoms with Crippen molar-refractivity contribution in [3.05, 3.63) is 47.5 Å². The fraction of sp³-hybridized carbons (Fsp3) is 0.333. The third-order valence-corrected chi connectivity index (χ3v) is 4.49. The number of esters is 1.